The molecule has 2 N–H and O–H groups in total. The van der Waals surface area contributed by atoms with E-state index in [1.165, 1.54) is 37.0 Å². The minimum absolute atomic E-state index is 0.764. The van der Waals surface area contributed by atoms with Crippen LogP contribution in [0.1, 0.15) is 42.9 Å². The van der Waals surface area contributed by atoms with E-state index in [2.05, 4.69) is 4.98 Å². The smallest absolute Gasteiger partial charge is 0.137 e. The molecular formula is C13H18N2S. The van der Waals surface area contributed by atoms with Crippen molar-refractivity contribution in [2.45, 2.75) is 38.0 Å². The molecule has 1 aromatic heterocycles. The average molecular weight is 234 g/mol. The molecule has 4 fully saturated rings. The number of rotatable bonds is 1. The summed E-state index contributed by atoms with van der Waals surface area (Å²) in [5.74, 6) is 5.54. The fraction of sp³-hybridized carbons (Fsp3) is 0.769. The van der Waals surface area contributed by atoms with Crippen molar-refractivity contribution in [1.29, 1.82) is 0 Å². The maximum atomic E-state index is 6.02. The third-order valence-corrected chi connectivity index (χ3v) is 6.10. The minimum atomic E-state index is 0.764. The van der Waals surface area contributed by atoms with Crippen LogP contribution in [-0.4, -0.2) is 4.98 Å². The zero-order valence-corrected chi connectivity index (χ0v) is 10.2. The number of thiazole rings is 1. The first-order valence-electron chi connectivity index (χ1n) is 6.50. The van der Waals surface area contributed by atoms with Crippen molar-refractivity contribution in [3.63, 3.8) is 0 Å². The Morgan fingerprint density at radius 1 is 1.06 bits per heavy atom. The molecule has 3 heteroatoms. The standard InChI is InChI=1S/C13H18N2S/c14-13-12(16-6-15-13)11-9-2-7-1-8(4-9)5-10(11)3-7/h6-11H,1-5,14H2. The Hall–Kier alpha value is -0.570. The van der Waals surface area contributed by atoms with Crippen molar-refractivity contribution in [1.82, 2.24) is 4.98 Å². The summed E-state index contributed by atoms with van der Waals surface area (Å²) < 4.78 is 0. The van der Waals surface area contributed by atoms with E-state index in [4.69, 9.17) is 5.73 Å². The van der Waals surface area contributed by atoms with Crippen LogP contribution in [0.15, 0.2) is 5.51 Å². The van der Waals surface area contributed by atoms with Gasteiger partial charge < -0.3 is 5.73 Å². The molecule has 4 saturated carbocycles. The van der Waals surface area contributed by atoms with Crippen LogP contribution < -0.4 is 5.73 Å². The second-order valence-corrected chi connectivity index (χ2v) is 6.94. The van der Waals surface area contributed by atoms with Gasteiger partial charge in [-0.05, 0) is 55.8 Å². The van der Waals surface area contributed by atoms with Gasteiger partial charge in [0.1, 0.15) is 5.82 Å². The highest BCUT2D eigenvalue weighted by molar-refractivity contribution is 7.10. The average Bonchev–Trinajstić information content (AvgIpc) is 2.63. The Kier molecular flexibility index (Phi) is 1.90. The van der Waals surface area contributed by atoms with Crippen LogP contribution in [0.5, 0.6) is 0 Å². The molecule has 5 rings (SSSR count). The molecule has 0 aliphatic heterocycles. The normalized spacial score (nSPS) is 45.1. The van der Waals surface area contributed by atoms with Crippen molar-refractivity contribution < 1.29 is 0 Å². The van der Waals surface area contributed by atoms with Crippen molar-refractivity contribution in [2.24, 2.45) is 23.7 Å². The van der Waals surface area contributed by atoms with Gasteiger partial charge in [-0.15, -0.1) is 11.3 Å². The Labute approximate surface area is 100 Å². The predicted octanol–water partition coefficient (Wildman–Crippen LogP) is 3.27. The summed E-state index contributed by atoms with van der Waals surface area (Å²) in [4.78, 5) is 5.66. The van der Waals surface area contributed by atoms with E-state index in [1.54, 1.807) is 11.3 Å². The predicted molar refractivity (Wildman–Crippen MR) is 66.3 cm³/mol. The Bertz CT molecular complexity index is 384. The molecule has 4 bridgehead atoms. The summed E-state index contributed by atoms with van der Waals surface area (Å²) in [7, 11) is 0. The Balaban J connectivity index is 1.72. The highest BCUT2D eigenvalue weighted by Gasteiger charge is 2.49. The molecule has 0 unspecified atom stereocenters. The van der Waals surface area contributed by atoms with Crippen LogP contribution in [0.25, 0.3) is 0 Å². The van der Waals surface area contributed by atoms with E-state index < -0.39 is 0 Å². The molecular weight excluding hydrogens is 216 g/mol. The highest BCUT2D eigenvalue weighted by Crippen LogP contribution is 2.60. The van der Waals surface area contributed by atoms with E-state index in [0.717, 1.165) is 35.4 Å². The molecule has 1 aromatic rings. The second-order valence-electron chi connectivity index (χ2n) is 6.06. The van der Waals surface area contributed by atoms with Crippen molar-refractivity contribution in [2.75, 3.05) is 5.73 Å². The van der Waals surface area contributed by atoms with Crippen molar-refractivity contribution in [3.8, 4) is 0 Å². The molecule has 2 nitrogen and oxygen atoms in total. The molecule has 1 heterocycles. The van der Waals surface area contributed by atoms with Gasteiger partial charge in [0.15, 0.2) is 0 Å². The van der Waals surface area contributed by atoms with E-state index >= 15 is 0 Å². The molecule has 86 valence electrons. The second kappa shape index (κ2) is 3.22. The van der Waals surface area contributed by atoms with Crippen LogP contribution >= 0.6 is 11.3 Å². The quantitative estimate of drug-likeness (QED) is 0.810. The topological polar surface area (TPSA) is 38.9 Å². The third kappa shape index (κ3) is 1.21. The van der Waals surface area contributed by atoms with E-state index in [-0.39, 0.29) is 0 Å². The zero-order chi connectivity index (χ0) is 10.7. The maximum Gasteiger partial charge on any atom is 0.137 e. The third-order valence-electron chi connectivity index (χ3n) is 5.15. The number of nitrogen functional groups attached to an aromatic ring is 1. The summed E-state index contributed by atoms with van der Waals surface area (Å²) in [5.41, 5.74) is 7.95. The van der Waals surface area contributed by atoms with E-state index in [9.17, 15) is 0 Å². The highest BCUT2D eigenvalue weighted by atomic mass is 32.1. The van der Waals surface area contributed by atoms with Crippen LogP contribution in [0, 0.1) is 23.7 Å². The number of nitrogens with zero attached hydrogens (tertiary/aromatic N) is 1. The van der Waals surface area contributed by atoms with Gasteiger partial charge in [-0.25, -0.2) is 4.98 Å². The van der Waals surface area contributed by atoms with Gasteiger partial charge in [0.2, 0.25) is 0 Å². The summed E-state index contributed by atoms with van der Waals surface area (Å²) in [6, 6.07) is 0. The molecule has 0 radical (unpaired) electrons. The molecule has 0 aromatic carbocycles. The minimum Gasteiger partial charge on any atom is -0.383 e. The molecule has 16 heavy (non-hydrogen) atoms. The molecule has 4 aliphatic carbocycles. The largest absolute Gasteiger partial charge is 0.383 e. The van der Waals surface area contributed by atoms with Gasteiger partial charge >= 0.3 is 0 Å². The van der Waals surface area contributed by atoms with Gasteiger partial charge in [0, 0.05) is 5.92 Å². The fourth-order valence-corrected chi connectivity index (χ4v) is 5.86. The van der Waals surface area contributed by atoms with Gasteiger partial charge in [0.25, 0.3) is 0 Å². The van der Waals surface area contributed by atoms with Crippen LogP contribution in [0.3, 0.4) is 0 Å². The monoisotopic (exact) mass is 234 g/mol. The van der Waals surface area contributed by atoms with E-state index in [1.807, 2.05) is 5.51 Å². The Morgan fingerprint density at radius 3 is 2.19 bits per heavy atom. The van der Waals surface area contributed by atoms with Gasteiger partial charge in [-0.2, -0.15) is 0 Å². The fourth-order valence-electron chi connectivity index (χ4n) is 4.87. The van der Waals surface area contributed by atoms with Crippen molar-refractivity contribution >= 4 is 17.2 Å². The first-order chi connectivity index (χ1) is 7.81. The van der Waals surface area contributed by atoms with E-state index in [0.29, 0.717) is 0 Å². The van der Waals surface area contributed by atoms with Crippen LogP contribution in [0.4, 0.5) is 5.82 Å². The molecule has 4 aliphatic rings. The summed E-state index contributed by atoms with van der Waals surface area (Å²) in [6.07, 6.45) is 7.39. The SMILES string of the molecule is Nc1ncsc1C1C2CC3CC(C2)CC1C3. The van der Waals surface area contributed by atoms with Gasteiger partial charge in [0.05, 0.1) is 10.4 Å². The zero-order valence-electron chi connectivity index (χ0n) is 9.43. The van der Waals surface area contributed by atoms with Crippen molar-refractivity contribution in [3.05, 3.63) is 10.4 Å². The lowest BCUT2D eigenvalue weighted by Crippen LogP contribution is -2.43. The number of nitrogens with two attached hydrogens (primary N) is 1. The summed E-state index contributed by atoms with van der Waals surface area (Å²) in [6.45, 7) is 0. The first-order valence-corrected chi connectivity index (χ1v) is 7.38. The Morgan fingerprint density at radius 2 is 1.69 bits per heavy atom. The number of hydrogen-bond acceptors (Lipinski definition) is 3. The first kappa shape index (κ1) is 9.46. The van der Waals surface area contributed by atoms with Crippen LogP contribution in [0.2, 0.25) is 0 Å². The molecule has 0 amide bonds. The number of anilines is 1. The van der Waals surface area contributed by atoms with Gasteiger partial charge in [-0.3, -0.25) is 0 Å². The summed E-state index contributed by atoms with van der Waals surface area (Å²) >= 11 is 1.79. The number of aromatic nitrogens is 1. The number of hydrogen-bond donors (Lipinski definition) is 1. The maximum absolute atomic E-state index is 6.02. The lowest BCUT2D eigenvalue weighted by atomic mass is 9.51. The molecule has 0 saturated heterocycles. The summed E-state index contributed by atoms with van der Waals surface area (Å²) in [5, 5.41) is 0. The van der Waals surface area contributed by atoms with Gasteiger partial charge in [-0.1, -0.05) is 0 Å². The lowest BCUT2D eigenvalue weighted by molar-refractivity contribution is -0.00144. The van der Waals surface area contributed by atoms with Crippen LogP contribution in [-0.2, 0) is 0 Å². The molecule has 0 atom stereocenters. The molecule has 0 spiro atoms. The lowest BCUT2D eigenvalue weighted by Gasteiger charge is -2.54.